The van der Waals surface area contributed by atoms with Crippen molar-refractivity contribution in [1.82, 2.24) is 9.21 Å². The molecule has 1 aliphatic heterocycles. The van der Waals surface area contributed by atoms with Gasteiger partial charge in [0.05, 0.1) is 15.5 Å². The van der Waals surface area contributed by atoms with Crippen LogP contribution in [0.1, 0.15) is 41.3 Å². The van der Waals surface area contributed by atoms with Crippen LogP contribution in [0.5, 0.6) is 0 Å². The first-order valence-corrected chi connectivity index (χ1v) is 11.9. The van der Waals surface area contributed by atoms with Crippen LogP contribution < -0.4 is 0 Å². The molecule has 0 unspecified atom stereocenters. The van der Waals surface area contributed by atoms with Gasteiger partial charge in [-0.1, -0.05) is 35.9 Å². The number of fused-ring (bicyclic) bond motifs is 1. The van der Waals surface area contributed by atoms with Crippen LogP contribution in [0.15, 0.2) is 47.4 Å². The number of nitrogens with zero attached hydrogens (tertiary/aromatic N) is 2. The largest absolute Gasteiger partial charge is 0.339 e. The predicted molar refractivity (Wildman–Crippen MR) is 113 cm³/mol. The lowest BCUT2D eigenvalue weighted by atomic mass is 10.0. The van der Waals surface area contributed by atoms with Crippen molar-refractivity contribution in [2.75, 3.05) is 19.6 Å². The van der Waals surface area contributed by atoms with E-state index in [0.717, 1.165) is 18.4 Å². The SMILES string of the molecule is CCN(CC1CC1)C(=O)c1cc(S(=O)(=O)N2CCc3ccccc3C2)ccc1Cl. The molecule has 1 amide bonds. The van der Waals surface area contributed by atoms with Crippen molar-refractivity contribution >= 4 is 27.5 Å². The van der Waals surface area contributed by atoms with E-state index in [4.69, 9.17) is 11.6 Å². The highest BCUT2D eigenvalue weighted by Crippen LogP contribution is 2.31. The zero-order valence-electron chi connectivity index (χ0n) is 16.5. The molecule has 7 heteroatoms. The molecule has 1 saturated carbocycles. The lowest BCUT2D eigenvalue weighted by molar-refractivity contribution is 0.0757. The fourth-order valence-corrected chi connectivity index (χ4v) is 5.43. The Balaban J connectivity index is 1.61. The van der Waals surface area contributed by atoms with Gasteiger partial charge in [0.25, 0.3) is 5.91 Å². The van der Waals surface area contributed by atoms with Gasteiger partial charge in [-0.15, -0.1) is 0 Å². The molecule has 0 bridgehead atoms. The monoisotopic (exact) mass is 432 g/mol. The number of hydrogen-bond acceptors (Lipinski definition) is 3. The molecule has 0 atom stereocenters. The summed E-state index contributed by atoms with van der Waals surface area (Å²) < 4.78 is 28.0. The topological polar surface area (TPSA) is 57.7 Å². The van der Waals surface area contributed by atoms with Gasteiger partial charge in [0.2, 0.25) is 10.0 Å². The van der Waals surface area contributed by atoms with Gasteiger partial charge in [-0.05, 0) is 61.4 Å². The van der Waals surface area contributed by atoms with Gasteiger partial charge >= 0.3 is 0 Å². The van der Waals surface area contributed by atoms with Crippen LogP contribution in [-0.4, -0.2) is 43.2 Å². The zero-order valence-corrected chi connectivity index (χ0v) is 18.0. The quantitative estimate of drug-likeness (QED) is 0.694. The summed E-state index contributed by atoms with van der Waals surface area (Å²) in [5.74, 6) is 0.350. The van der Waals surface area contributed by atoms with Crippen molar-refractivity contribution in [2.24, 2.45) is 5.92 Å². The lowest BCUT2D eigenvalue weighted by Crippen LogP contribution is -2.36. The summed E-state index contributed by atoms with van der Waals surface area (Å²) in [4.78, 5) is 14.9. The number of sulfonamides is 1. The summed E-state index contributed by atoms with van der Waals surface area (Å²) in [6.45, 7) is 3.97. The molecule has 1 aliphatic carbocycles. The Labute approximate surface area is 177 Å². The van der Waals surface area contributed by atoms with Gasteiger partial charge in [-0.3, -0.25) is 4.79 Å². The van der Waals surface area contributed by atoms with E-state index >= 15 is 0 Å². The number of amides is 1. The molecular formula is C22H25ClN2O3S. The molecule has 0 spiro atoms. The molecule has 1 fully saturated rings. The summed E-state index contributed by atoms with van der Waals surface area (Å²) >= 11 is 6.29. The van der Waals surface area contributed by atoms with Gasteiger partial charge < -0.3 is 4.90 Å². The highest BCUT2D eigenvalue weighted by Gasteiger charge is 2.31. The molecule has 154 valence electrons. The van der Waals surface area contributed by atoms with Crippen LogP contribution in [0.3, 0.4) is 0 Å². The minimum atomic E-state index is -3.72. The standard InChI is InChI=1S/C22H25ClN2O3S/c1-2-24(14-16-7-8-16)22(26)20-13-19(9-10-21(20)23)29(27,28)25-12-11-17-5-3-4-6-18(17)15-25/h3-6,9-10,13,16H,2,7-8,11-12,14-15H2,1H3. The van der Waals surface area contributed by atoms with Crippen LogP contribution in [0.25, 0.3) is 0 Å². The number of carbonyl (C=O) groups excluding carboxylic acids is 1. The van der Waals surface area contributed by atoms with Crippen molar-refractivity contribution in [3.05, 3.63) is 64.2 Å². The van der Waals surface area contributed by atoms with E-state index in [1.165, 1.54) is 28.1 Å². The Morgan fingerprint density at radius 1 is 1.17 bits per heavy atom. The van der Waals surface area contributed by atoms with Gasteiger partial charge in [-0.25, -0.2) is 8.42 Å². The van der Waals surface area contributed by atoms with Crippen LogP contribution in [-0.2, 0) is 23.0 Å². The van der Waals surface area contributed by atoms with Crippen LogP contribution in [0, 0.1) is 5.92 Å². The molecule has 29 heavy (non-hydrogen) atoms. The highest BCUT2D eigenvalue weighted by molar-refractivity contribution is 7.89. The summed E-state index contributed by atoms with van der Waals surface area (Å²) in [6.07, 6.45) is 2.96. The third kappa shape index (κ3) is 4.20. The van der Waals surface area contributed by atoms with Crippen molar-refractivity contribution in [1.29, 1.82) is 0 Å². The first-order valence-electron chi connectivity index (χ1n) is 10.1. The Morgan fingerprint density at radius 2 is 1.90 bits per heavy atom. The first kappa shape index (κ1) is 20.4. The summed E-state index contributed by atoms with van der Waals surface area (Å²) in [7, 11) is -3.72. The van der Waals surface area contributed by atoms with E-state index in [1.807, 2.05) is 31.2 Å². The maximum absolute atomic E-state index is 13.3. The summed E-state index contributed by atoms with van der Waals surface area (Å²) in [6, 6.07) is 12.4. The fraction of sp³-hybridized carbons (Fsp3) is 0.409. The lowest BCUT2D eigenvalue weighted by Gasteiger charge is -2.28. The third-order valence-corrected chi connectivity index (χ3v) is 7.92. The van der Waals surface area contributed by atoms with E-state index in [9.17, 15) is 13.2 Å². The second-order valence-electron chi connectivity index (χ2n) is 7.79. The molecule has 0 aromatic heterocycles. The van der Waals surface area contributed by atoms with E-state index in [2.05, 4.69) is 0 Å². The minimum absolute atomic E-state index is 0.118. The van der Waals surface area contributed by atoms with Gasteiger partial charge in [0.15, 0.2) is 0 Å². The molecule has 2 aliphatic rings. The Morgan fingerprint density at radius 3 is 2.59 bits per heavy atom. The van der Waals surface area contributed by atoms with Crippen LogP contribution in [0.2, 0.25) is 5.02 Å². The smallest absolute Gasteiger partial charge is 0.255 e. The van der Waals surface area contributed by atoms with Crippen molar-refractivity contribution < 1.29 is 13.2 Å². The molecule has 1 heterocycles. The van der Waals surface area contributed by atoms with Gasteiger partial charge in [0, 0.05) is 26.2 Å². The first-order chi connectivity index (χ1) is 13.9. The average Bonchev–Trinajstić information content (AvgIpc) is 3.55. The molecule has 2 aromatic rings. The molecule has 0 radical (unpaired) electrons. The second kappa shape index (κ2) is 8.09. The number of halogens is 1. The Kier molecular flexibility index (Phi) is 5.69. The Bertz CT molecular complexity index is 1030. The minimum Gasteiger partial charge on any atom is -0.339 e. The average molecular weight is 433 g/mol. The maximum atomic E-state index is 13.3. The predicted octanol–water partition coefficient (Wildman–Crippen LogP) is 3.96. The zero-order chi connectivity index (χ0) is 20.6. The number of benzene rings is 2. The molecule has 0 N–H and O–H groups in total. The molecule has 0 saturated heterocycles. The van der Waals surface area contributed by atoms with Crippen molar-refractivity contribution in [3.63, 3.8) is 0 Å². The highest BCUT2D eigenvalue weighted by atomic mass is 35.5. The van der Waals surface area contributed by atoms with Crippen LogP contribution in [0.4, 0.5) is 0 Å². The molecule has 5 nitrogen and oxygen atoms in total. The number of rotatable bonds is 6. The molecular weight excluding hydrogens is 408 g/mol. The number of hydrogen-bond donors (Lipinski definition) is 0. The third-order valence-electron chi connectivity index (χ3n) is 5.75. The summed E-state index contributed by atoms with van der Waals surface area (Å²) in [5.41, 5.74) is 2.46. The maximum Gasteiger partial charge on any atom is 0.255 e. The van der Waals surface area contributed by atoms with E-state index in [1.54, 1.807) is 4.90 Å². The van der Waals surface area contributed by atoms with Crippen LogP contribution >= 0.6 is 11.6 Å². The second-order valence-corrected chi connectivity index (χ2v) is 10.1. The molecule has 4 rings (SSSR count). The van der Waals surface area contributed by atoms with Gasteiger partial charge in [-0.2, -0.15) is 4.31 Å². The fourth-order valence-electron chi connectivity index (χ4n) is 3.79. The van der Waals surface area contributed by atoms with E-state index in [0.29, 0.717) is 38.5 Å². The van der Waals surface area contributed by atoms with Gasteiger partial charge in [0.1, 0.15) is 0 Å². The van der Waals surface area contributed by atoms with Crippen molar-refractivity contribution in [3.8, 4) is 0 Å². The van der Waals surface area contributed by atoms with Crippen molar-refractivity contribution in [2.45, 2.75) is 37.6 Å². The number of carbonyl (C=O) groups is 1. The van der Waals surface area contributed by atoms with E-state index < -0.39 is 10.0 Å². The molecule has 2 aromatic carbocycles. The Hall–Kier alpha value is -1.89. The van der Waals surface area contributed by atoms with E-state index in [-0.39, 0.29) is 21.4 Å². The normalized spacial score (nSPS) is 17.0. The summed E-state index contributed by atoms with van der Waals surface area (Å²) in [5, 5.41) is 0.284.